The second kappa shape index (κ2) is 5.64. The fourth-order valence-corrected chi connectivity index (χ4v) is 2.27. The fourth-order valence-electron chi connectivity index (χ4n) is 1.39. The molecule has 0 saturated carbocycles. The smallest absolute Gasteiger partial charge is 0.146 e. The number of nitrogens with two attached hydrogens (primary N) is 1. The topological polar surface area (TPSA) is 26.0 Å². The lowest BCUT2D eigenvalue weighted by atomic mass is 10.0. The van der Waals surface area contributed by atoms with E-state index in [1.54, 1.807) is 12.1 Å². The monoisotopic (exact) mass is 277 g/mol. The van der Waals surface area contributed by atoms with E-state index in [1.165, 1.54) is 17.4 Å². The molecular formula is C11H10Cl2FNS. The van der Waals surface area contributed by atoms with Gasteiger partial charge in [0.1, 0.15) is 5.82 Å². The predicted octanol–water partition coefficient (Wildman–Crippen LogP) is 4.01. The first kappa shape index (κ1) is 13.5. The highest BCUT2D eigenvalue weighted by atomic mass is 35.5. The van der Waals surface area contributed by atoms with Crippen LogP contribution in [0, 0.1) is 5.82 Å². The lowest BCUT2D eigenvalue weighted by Crippen LogP contribution is -2.12. The van der Waals surface area contributed by atoms with Gasteiger partial charge >= 0.3 is 0 Å². The standard InChI is InChI=1S/C11H9ClFNS.ClH/c12-9-3-1-2-8(10(9)13)11(14)7-4-5-15-6-7;/h1-6,11H,14H2;1H/t11-;/m0./s1. The van der Waals surface area contributed by atoms with Gasteiger partial charge in [-0.2, -0.15) is 11.3 Å². The van der Waals surface area contributed by atoms with Crippen molar-refractivity contribution in [3.8, 4) is 0 Å². The molecule has 1 heterocycles. The summed E-state index contributed by atoms with van der Waals surface area (Å²) < 4.78 is 13.6. The Kier molecular flexibility index (Phi) is 4.74. The van der Waals surface area contributed by atoms with Gasteiger partial charge in [0.15, 0.2) is 0 Å². The van der Waals surface area contributed by atoms with Crippen LogP contribution in [0.2, 0.25) is 5.02 Å². The molecule has 2 rings (SSSR count). The van der Waals surface area contributed by atoms with E-state index in [2.05, 4.69) is 0 Å². The van der Waals surface area contributed by atoms with Crippen molar-refractivity contribution in [1.29, 1.82) is 0 Å². The summed E-state index contributed by atoms with van der Waals surface area (Å²) in [5, 5.41) is 3.93. The minimum atomic E-state index is -0.449. The molecule has 5 heteroatoms. The Labute approximate surface area is 108 Å². The van der Waals surface area contributed by atoms with Crippen molar-refractivity contribution in [2.24, 2.45) is 5.73 Å². The molecule has 0 spiro atoms. The van der Waals surface area contributed by atoms with Gasteiger partial charge in [0.2, 0.25) is 0 Å². The minimum Gasteiger partial charge on any atom is -0.320 e. The van der Waals surface area contributed by atoms with Crippen LogP contribution in [-0.4, -0.2) is 0 Å². The quantitative estimate of drug-likeness (QED) is 0.882. The average Bonchev–Trinajstić information content (AvgIpc) is 2.74. The summed E-state index contributed by atoms with van der Waals surface area (Å²) in [7, 11) is 0. The van der Waals surface area contributed by atoms with E-state index in [-0.39, 0.29) is 17.4 Å². The number of halogens is 3. The van der Waals surface area contributed by atoms with Crippen molar-refractivity contribution in [2.75, 3.05) is 0 Å². The average molecular weight is 278 g/mol. The Bertz CT molecular complexity index is 459. The van der Waals surface area contributed by atoms with E-state index in [0.29, 0.717) is 5.56 Å². The first-order chi connectivity index (χ1) is 7.20. The summed E-state index contributed by atoms with van der Waals surface area (Å²) in [6.45, 7) is 0. The molecular weight excluding hydrogens is 268 g/mol. The first-order valence-corrected chi connectivity index (χ1v) is 5.74. The molecule has 86 valence electrons. The Morgan fingerprint density at radius 1 is 1.31 bits per heavy atom. The molecule has 0 unspecified atom stereocenters. The second-order valence-electron chi connectivity index (χ2n) is 3.18. The molecule has 1 atom stereocenters. The van der Waals surface area contributed by atoms with E-state index >= 15 is 0 Å². The van der Waals surface area contributed by atoms with Gasteiger partial charge in [-0.25, -0.2) is 4.39 Å². The molecule has 16 heavy (non-hydrogen) atoms. The Morgan fingerprint density at radius 2 is 2.06 bits per heavy atom. The zero-order chi connectivity index (χ0) is 10.8. The van der Waals surface area contributed by atoms with E-state index in [1.807, 2.05) is 16.8 Å². The van der Waals surface area contributed by atoms with Crippen LogP contribution in [0.5, 0.6) is 0 Å². The van der Waals surface area contributed by atoms with Crippen molar-refractivity contribution in [3.63, 3.8) is 0 Å². The van der Waals surface area contributed by atoms with Crippen LogP contribution in [-0.2, 0) is 0 Å². The van der Waals surface area contributed by atoms with Gasteiger partial charge in [-0.1, -0.05) is 23.7 Å². The largest absolute Gasteiger partial charge is 0.320 e. The summed E-state index contributed by atoms with van der Waals surface area (Å²) in [4.78, 5) is 0. The number of benzene rings is 1. The molecule has 1 aromatic heterocycles. The van der Waals surface area contributed by atoms with Crippen molar-refractivity contribution >= 4 is 35.3 Å². The maximum atomic E-state index is 13.6. The van der Waals surface area contributed by atoms with Crippen LogP contribution in [0.15, 0.2) is 35.0 Å². The van der Waals surface area contributed by atoms with E-state index < -0.39 is 11.9 Å². The van der Waals surface area contributed by atoms with Crippen molar-refractivity contribution < 1.29 is 4.39 Å². The first-order valence-electron chi connectivity index (χ1n) is 4.41. The van der Waals surface area contributed by atoms with Gasteiger partial charge < -0.3 is 5.73 Å². The predicted molar refractivity (Wildman–Crippen MR) is 69.0 cm³/mol. The van der Waals surface area contributed by atoms with Crippen LogP contribution < -0.4 is 5.73 Å². The molecule has 1 aromatic carbocycles. The lowest BCUT2D eigenvalue weighted by molar-refractivity contribution is 0.600. The third-order valence-corrected chi connectivity index (χ3v) is 3.21. The number of thiophene rings is 1. The van der Waals surface area contributed by atoms with Crippen molar-refractivity contribution in [2.45, 2.75) is 6.04 Å². The van der Waals surface area contributed by atoms with Crippen LogP contribution in [0.1, 0.15) is 17.2 Å². The normalized spacial score (nSPS) is 11.9. The summed E-state index contributed by atoms with van der Waals surface area (Å²) in [5.41, 5.74) is 7.27. The van der Waals surface area contributed by atoms with Crippen LogP contribution >= 0.6 is 35.3 Å². The summed E-state index contributed by atoms with van der Waals surface area (Å²) in [6.07, 6.45) is 0. The van der Waals surface area contributed by atoms with Gasteiger partial charge in [0.25, 0.3) is 0 Å². The van der Waals surface area contributed by atoms with Crippen LogP contribution in [0.25, 0.3) is 0 Å². The molecule has 2 N–H and O–H groups in total. The highest BCUT2D eigenvalue weighted by molar-refractivity contribution is 7.08. The molecule has 0 aliphatic carbocycles. The number of hydrogen-bond donors (Lipinski definition) is 1. The number of hydrogen-bond acceptors (Lipinski definition) is 2. The SMILES string of the molecule is Cl.N[C@@H](c1ccsc1)c1cccc(Cl)c1F. The third-order valence-electron chi connectivity index (χ3n) is 2.22. The molecule has 0 aliphatic rings. The van der Waals surface area contributed by atoms with Gasteiger partial charge in [0.05, 0.1) is 11.1 Å². The molecule has 0 fully saturated rings. The highest BCUT2D eigenvalue weighted by Gasteiger charge is 2.15. The Hall–Kier alpha value is -0.610. The Morgan fingerprint density at radius 3 is 2.69 bits per heavy atom. The van der Waals surface area contributed by atoms with E-state index in [0.717, 1.165) is 5.56 Å². The van der Waals surface area contributed by atoms with Gasteiger partial charge in [0, 0.05) is 5.56 Å². The fraction of sp³-hybridized carbons (Fsp3) is 0.0909. The molecule has 0 radical (unpaired) electrons. The summed E-state index contributed by atoms with van der Waals surface area (Å²) in [5.74, 6) is -0.433. The van der Waals surface area contributed by atoms with Gasteiger partial charge in [-0.3, -0.25) is 0 Å². The third kappa shape index (κ3) is 2.55. The molecule has 0 aliphatic heterocycles. The maximum absolute atomic E-state index is 13.6. The second-order valence-corrected chi connectivity index (χ2v) is 4.36. The maximum Gasteiger partial charge on any atom is 0.146 e. The van der Waals surface area contributed by atoms with Crippen LogP contribution in [0.3, 0.4) is 0 Å². The molecule has 1 nitrogen and oxygen atoms in total. The molecule has 0 saturated heterocycles. The molecule has 0 bridgehead atoms. The highest BCUT2D eigenvalue weighted by Crippen LogP contribution is 2.27. The zero-order valence-corrected chi connectivity index (χ0v) is 10.6. The lowest BCUT2D eigenvalue weighted by Gasteiger charge is -2.11. The minimum absolute atomic E-state index is 0. The van der Waals surface area contributed by atoms with Crippen LogP contribution in [0.4, 0.5) is 4.39 Å². The number of rotatable bonds is 2. The summed E-state index contributed by atoms with van der Waals surface area (Å²) in [6, 6.07) is 6.31. The molecule has 2 aromatic rings. The van der Waals surface area contributed by atoms with Gasteiger partial charge in [-0.15, -0.1) is 12.4 Å². The Balaban J connectivity index is 0.00000128. The van der Waals surface area contributed by atoms with Gasteiger partial charge in [-0.05, 0) is 28.5 Å². The van der Waals surface area contributed by atoms with Crippen molar-refractivity contribution in [3.05, 3.63) is 57.0 Å². The summed E-state index contributed by atoms with van der Waals surface area (Å²) >= 11 is 7.23. The zero-order valence-electron chi connectivity index (χ0n) is 8.19. The van der Waals surface area contributed by atoms with E-state index in [4.69, 9.17) is 17.3 Å². The van der Waals surface area contributed by atoms with Crippen molar-refractivity contribution in [1.82, 2.24) is 0 Å². The van der Waals surface area contributed by atoms with E-state index in [9.17, 15) is 4.39 Å². The molecule has 0 amide bonds.